The van der Waals surface area contributed by atoms with E-state index in [1.807, 2.05) is 37.3 Å². The summed E-state index contributed by atoms with van der Waals surface area (Å²) < 4.78 is 0. The molecular weight excluding hydrogens is 369 g/mol. The smallest absolute Gasteiger partial charge is 0.262 e. The third kappa shape index (κ3) is 2.91. The first-order valence-corrected chi connectivity index (χ1v) is 8.87. The molecular formula is C20H15Cl2N3O. The highest BCUT2D eigenvalue weighted by Gasteiger charge is 2.38. The van der Waals surface area contributed by atoms with Gasteiger partial charge in [0.15, 0.2) is 6.17 Å². The normalized spacial score (nSPS) is 15.9. The second-order valence-corrected chi connectivity index (χ2v) is 6.94. The van der Waals surface area contributed by atoms with Crippen molar-refractivity contribution in [1.29, 1.82) is 0 Å². The predicted octanol–water partition coefficient (Wildman–Crippen LogP) is 5.47. The number of benzene rings is 2. The van der Waals surface area contributed by atoms with Gasteiger partial charge in [-0.2, -0.15) is 0 Å². The van der Waals surface area contributed by atoms with E-state index < -0.39 is 6.17 Å². The monoisotopic (exact) mass is 383 g/mol. The molecule has 6 heteroatoms. The van der Waals surface area contributed by atoms with Crippen LogP contribution in [0.5, 0.6) is 0 Å². The maximum absolute atomic E-state index is 13.0. The number of aromatic nitrogens is 1. The molecule has 0 radical (unpaired) electrons. The Labute approximate surface area is 161 Å². The molecule has 4 nitrogen and oxygen atoms in total. The number of carbonyl (C=O) groups excluding carboxylic acids is 1. The Morgan fingerprint density at radius 2 is 1.81 bits per heavy atom. The topological polar surface area (TPSA) is 45.2 Å². The van der Waals surface area contributed by atoms with Crippen LogP contribution < -0.4 is 10.2 Å². The van der Waals surface area contributed by atoms with Crippen molar-refractivity contribution in [2.75, 3.05) is 10.2 Å². The second-order valence-electron chi connectivity index (χ2n) is 6.12. The first-order chi connectivity index (χ1) is 12.5. The van der Waals surface area contributed by atoms with Crippen LogP contribution in [-0.4, -0.2) is 10.9 Å². The first kappa shape index (κ1) is 16.9. The fourth-order valence-corrected chi connectivity index (χ4v) is 3.33. The molecule has 3 aromatic rings. The van der Waals surface area contributed by atoms with Crippen LogP contribution in [0.2, 0.25) is 10.0 Å². The SMILES string of the molecule is Cc1ccc(N2C(=O)c3cccnc3C2Nc2ccc(Cl)c(Cl)c2)cc1. The van der Waals surface area contributed by atoms with E-state index in [9.17, 15) is 4.79 Å². The summed E-state index contributed by atoms with van der Waals surface area (Å²) in [7, 11) is 0. The first-order valence-electron chi connectivity index (χ1n) is 8.11. The Bertz CT molecular complexity index is 989. The fraction of sp³-hybridized carbons (Fsp3) is 0.100. The third-order valence-corrected chi connectivity index (χ3v) is 5.08. The highest BCUT2D eigenvalue weighted by Crippen LogP contribution is 2.37. The zero-order valence-corrected chi connectivity index (χ0v) is 15.4. The molecule has 0 spiro atoms. The van der Waals surface area contributed by atoms with Gasteiger partial charge in [-0.05, 0) is 49.4 Å². The number of anilines is 2. The van der Waals surface area contributed by atoms with Gasteiger partial charge < -0.3 is 5.32 Å². The summed E-state index contributed by atoms with van der Waals surface area (Å²) in [4.78, 5) is 19.1. The number of nitrogens with one attached hydrogen (secondary N) is 1. The van der Waals surface area contributed by atoms with Crippen molar-refractivity contribution in [2.45, 2.75) is 13.1 Å². The Kier molecular flexibility index (Phi) is 4.31. The molecule has 0 bridgehead atoms. The lowest BCUT2D eigenvalue weighted by Crippen LogP contribution is -2.32. The number of pyridine rings is 1. The van der Waals surface area contributed by atoms with Gasteiger partial charge in [0.1, 0.15) is 0 Å². The summed E-state index contributed by atoms with van der Waals surface area (Å²) in [6, 6.07) is 16.7. The van der Waals surface area contributed by atoms with Gasteiger partial charge in [-0.15, -0.1) is 0 Å². The molecule has 2 heterocycles. The number of amides is 1. The molecule has 0 saturated carbocycles. The number of fused-ring (bicyclic) bond motifs is 1. The summed E-state index contributed by atoms with van der Waals surface area (Å²) >= 11 is 12.1. The molecule has 1 aromatic heterocycles. The Morgan fingerprint density at radius 1 is 1.04 bits per heavy atom. The van der Waals surface area contributed by atoms with E-state index in [1.165, 1.54) is 0 Å². The zero-order valence-electron chi connectivity index (χ0n) is 13.9. The molecule has 1 N–H and O–H groups in total. The van der Waals surface area contributed by atoms with E-state index >= 15 is 0 Å². The number of halogens is 2. The van der Waals surface area contributed by atoms with E-state index in [2.05, 4.69) is 10.3 Å². The van der Waals surface area contributed by atoms with E-state index in [-0.39, 0.29) is 5.91 Å². The Morgan fingerprint density at radius 3 is 2.54 bits per heavy atom. The van der Waals surface area contributed by atoms with Gasteiger partial charge in [0.25, 0.3) is 5.91 Å². The molecule has 130 valence electrons. The summed E-state index contributed by atoms with van der Waals surface area (Å²) in [5.74, 6) is -0.0884. The maximum Gasteiger partial charge on any atom is 0.262 e. The van der Waals surface area contributed by atoms with Crippen molar-refractivity contribution in [3.05, 3.63) is 87.7 Å². The number of carbonyl (C=O) groups is 1. The fourth-order valence-electron chi connectivity index (χ4n) is 3.03. The Hall–Kier alpha value is -2.56. The number of aryl methyl sites for hydroxylation is 1. The van der Waals surface area contributed by atoms with Gasteiger partial charge in [0.05, 0.1) is 21.3 Å². The molecule has 26 heavy (non-hydrogen) atoms. The largest absolute Gasteiger partial charge is 0.360 e. The molecule has 1 aliphatic rings. The van der Waals surface area contributed by atoms with Crippen molar-refractivity contribution < 1.29 is 4.79 Å². The zero-order chi connectivity index (χ0) is 18.3. The summed E-state index contributed by atoms with van der Waals surface area (Å²) in [6.45, 7) is 2.01. The van der Waals surface area contributed by atoms with Gasteiger partial charge >= 0.3 is 0 Å². The van der Waals surface area contributed by atoms with E-state index in [0.29, 0.717) is 21.3 Å². The molecule has 1 aliphatic heterocycles. The van der Waals surface area contributed by atoms with Crippen molar-refractivity contribution in [1.82, 2.24) is 4.98 Å². The highest BCUT2D eigenvalue weighted by atomic mass is 35.5. The predicted molar refractivity (Wildman–Crippen MR) is 105 cm³/mol. The maximum atomic E-state index is 13.0. The van der Waals surface area contributed by atoms with Crippen molar-refractivity contribution >= 4 is 40.5 Å². The van der Waals surface area contributed by atoms with Crippen molar-refractivity contribution in [2.24, 2.45) is 0 Å². The van der Waals surface area contributed by atoms with Crippen molar-refractivity contribution in [3.8, 4) is 0 Å². The van der Waals surface area contributed by atoms with Crippen LogP contribution in [-0.2, 0) is 0 Å². The van der Waals surface area contributed by atoms with Crippen LogP contribution >= 0.6 is 23.2 Å². The summed E-state index contributed by atoms with van der Waals surface area (Å²) in [5, 5.41) is 4.29. The van der Waals surface area contributed by atoms with E-state index in [0.717, 1.165) is 16.9 Å². The van der Waals surface area contributed by atoms with Gasteiger partial charge in [0, 0.05) is 17.6 Å². The molecule has 1 amide bonds. The molecule has 0 aliphatic carbocycles. The van der Waals surface area contributed by atoms with Crippen LogP contribution in [0.25, 0.3) is 0 Å². The van der Waals surface area contributed by atoms with Crippen LogP contribution in [0.4, 0.5) is 11.4 Å². The minimum atomic E-state index is -0.432. The quantitative estimate of drug-likeness (QED) is 0.652. The average molecular weight is 384 g/mol. The molecule has 0 fully saturated rings. The molecule has 2 aromatic carbocycles. The summed E-state index contributed by atoms with van der Waals surface area (Å²) in [6.07, 6.45) is 1.26. The van der Waals surface area contributed by atoms with Gasteiger partial charge in [-0.25, -0.2) is 0 Å². The van der Waals surface area contributed by atoms with Crippen LogP contribution in [0.3, 0.4) is 0 Å². The van der Waals surface area contributed by atoms with E-state index in [4.69, 9.17) is 23.2 Å². The van der Waals surface area contributed by atoms with Gasteiger partial charge in [-0.1, -0.05) is 40.9 Å². The lowest BCUT2D eigenvalue weighted by atomic mass is 10.2. The third-order valence-electron chi connectivity index (χ3n) is 4.34. The lowest BCUT2D eigenvalue weighted by Gasteiger charge is -2.26. The highest BCUT2D eigenvalue weighted by molar-refractivity contribution is 6.42. The Balaban J connectivity index is 1.77. The molecule has 0 saturated heterocycles. The minimum absolute atomic E-state index is 0.0884. The minimum Gasteiger partial charge on any atom is -0.360 e. The van der Waals surface area contributed by atoms with E-state index in [1.54, 1.807) is 35.4 Å². The average Bonchev–Trinajstić information content (AvgIpc) is 2.92. The van der Waals surface area contributed by atoms with Gasteiger partial charge in [-0.3, -0.25) is 14.7 Å². The number of hydrogen-bond donors (Lipinski definition) is 1. The van der Waals surface area contributed by atoms with Crippen molar-refractivity contribution in [3.63, 3.8) is 0 Å². The molecule has 1 unspecified atom stereocenters. The number of rotatable bonds is 3. The number of hydrogen-bond acceptors (Lipinski definition) is 3. The lowest BCUT2D eigenvalue weighted by molar-refractivity contribution is 0.0993. The van der Waals surface area contributed by atoms with Crippen LogP contribution in [0, 0.1) is 6.92 Å². The standard InChI is InChI=1S/C20H15Cl2N3O/c1-12-4-7-14(8-5-12)25-19(18-15(20(25)26)3-2-10-23-18)24-13-6-9-16(21)17(22)11-13/h2-11,19,24H,1H3. The van der Waals surface area contributed by atoms with Crippen LogP contribution in [0.1, 0.15) is 27.8 Å². The number of nitrogens with zero attached hydrogens (tertiary/aromatic N) is 2. The second kappa shape index (κ2) is 6.63. The van der Waals surface area contributed by atoms with Crippen LogP contribution in [0.15, 0.2) is 60.8 Å². The molecule has 1 atom stereocenters. The van der Waals surface area contributed by atoms with Gasteiger partial charge in [0.2, 0.25) is 0 Å². The summed E-state index contributed by atoms with van der Waals surface area (Å²) in [5.41, 5.74) is 3.96. The molecule has 4 rings (SSSR count).